The van der Waals surface area contributed by atoms with Gasteiger partial charge in [-0.2, -0.15) is 10.2 Å². The largest absolute Gasteiger partial charge is 0.356 e. The molecular weight excluding hydrogens is 192 g/mol. The lowest BCUT2D eigenvalue weighted by Gasteiger charge is -2.35. The van der Waals surface area contributed by atoms with Gasteiger partial charge in [0.2, 0.25) is 0 Å². The highest BCUT2D eigenvalue weighted by Crippen LogP contribution is 2.26. The molecule has 1 saturated carbocycles. The molecule has 0 aromatic carbocycles. The third-order valence-electron chi connectivity index (χ3n) is 2.84. The third-order valence-corrected chi connectivity index (χ3v) is 2.84. The fraction of sp³-hybridized carbons (Fsp3) is 0.500. The average molecular weight is 204 g/mol. The topological polar surface area (TPSA) is 72.8 Å². The number of aromatic nitrogens is 2. The van der Waals surface area contributed by atoms with Crippen molar-refractivity contribution < 1.29 is 0 Å². The SMILES string of the molecule is CN(c1cc(C#N)[nH]c(=O)n1)C1CCC1. The van der Waals surface area contributed by atoms with Crippen LogP contribution in [0.2, 0.25) is 0 Å². The number of rotatable bonds is 2. The van der Waals surface area contributed by atoms with Crippen LogP contribution in [0.1, 0.15) is 25.0 Å². The highest BCUT2D eigenvalue weighted by atomic mass is 16.1. The monoisotopic (exact) mass is 204 g/mol. The van der Waals surface area contributed by atoms with E-state index >= 15 is 0 Å². The Labute approximate surface area is 87.4 Å². The average Bonchev–Trinajstić information content (AvgIpc) is 2.14. The molecule has 2 rings (SSSR count). The van der Waals surface area contributed by atoms with Gasteiger partial charge in [0.15, 0.2) is 0 Å². The Morgan fingerprint density at radius 3 is 2.93 bits per heavy atom. The first-order valence-corrected chi connectivity index (χ1v) is 4.95. The zero-order valence-corrected chi connectivity index (χ0v) is 8.53. The Morgan fingerprint density at radius 1 is 1.67 bits per heavy atom. The lowest BCUT2D eigenvalue weighted by molar-refractivity contribution is 0.399. The second kappa shape index (κ2) is 3.73. The van der Waals surface area contributed by atoms with Crippen molar-refractivity contribution >= 4 is 5.82 Å². The standard InChI is InChI=1S/C10H12N4O/c1-14(8-3-2-4-8)9-5-7(6-11)12-10(15)13-9/h5,8H,2-4H2,1H3,(H,12,13,15). The number of nitrogens with zero attached hydrogens (tertiary/aromatic N) is 3. The summed E-state index contributed by atoms with van der Waals surface area (Å²) in [6.45, 7) is 0. The van der Waals surface area contributed by atoms with Crippen LogP contribution in [-0.4, -0.2) is 23.1 Å². The molecule has 78 valence electrons. The molecule has 0 spiro atoms. The fourth-order valence-corrected chi connectivity index (χ4v) is 1.65. The Bertz CT molecular complexity index is 455. The van der Waals surface area contributed by atoms with Crippen molar-refractivity contribution in [3.8, 4) is 6.07 Å². The van der Waals surface area contributed by atoms with E-state index in [0.29, 0.717) is 11.9 Å². The van der Waals surface area contributed by atoms with Crippen LogP contribution in [0.3, 0.4) is 0 Å². The van der Waals surface area contributed by atoms with Gasteiger partial charge >= 0.3 is 5.69 Å². The van der Waals surface area contributed by atoms with Crippen LogP contribution in [0, 0.1) is 11.3 Å². The molecule has 0 aliphatic heterocycles. The molecule has 5 heteroatoms. The molecule has 0 amide bonds. The van der Waals surface area contributed by atoms with Crippen molar-refractivity contribution in [2.75, 3.05) is 11.9 Å². The van der Waals surface area contributed by atoms with E-state index in [1.54, 1.807) is 6.07 Å². The van der Waals surface area contributed by atoms with Crippen molar-refractivity contribution in [3.63, 3.8) is 0 Å². The van der Waals surface area contributed by atoms with Gasteiger partial charge in [-0.25, -0.2) is 4.79 Å². The summed E-state index contributed by atoms with van der Waals surface area (Å²) in [5.41, 5.74) is -0.202. The predicted octanol–water partition coefficient (Wildman–Crippen LogP) is 0.630. The second-order valence-corrected chi connectivity index (χ2v) is 3.77. The second-order valence-electron chi connectivity index (χ2n) is 3.77. The van der Waals surface area contributed by atoms with Crippen molar-refractivity contribution in [3.05, 3.63) is 22.2 Å². The Morgan fingerprint density at radius 2 is 2.40 bits per heavy atom. The molecular formula is C10H12N4O. The summed E-state index contributed by atoms with van der Waals surface area (Å²) in [6.07, 6.45) is 3.49. The summed E-state index contributed by atoms with van der Waals surface area (Å²) in [7, 11) is 1.91. The summed E-state index contributed by atoms with van der Waals surface area (Å²) in [5.74, 6) is 0.583. The number of H-pyrrole nitrogens is 1. The molecule has 1 aromatic heterocycles. The fourth-order valence-electron chi connectivity index (χ4n) is 1.65. The van der Waals surface area contributed by atoms with Crippen molar-refractivity contribution in [1.82, 2.24) is 9.97 Å². The van der Waals surface area contributed by atoms with E-state index in [-0.39, 0.29) is 5.69 Å². The first kappa shape index (κ1) is 9.71. The molecule has 1 aliphatic carbocycles. The highest BCUT2D eigenvalue weighted by molar-refractivity contribution is 5.42. The highest BCUT2D eigenvalue weighted by Gasteiger charge is 2.23. The minimum absolute atomic E-state index is 0.260. The van der Waals surface area contributed by atoms with E-state index in [4.69, 9.17) is 5.26 Å². The quantitative estimate of drug-likeness (QED) is 0.766. The van der Waals surface area contributed by atoms with Crippen LogP contribution in [0.25, 0.3) is 0 Å². The van der Waals surface area contributed by atoms with Crippen molar-refractivity contribution in [2.45, 2.75) is 25.3 Å². The van der Waals surface area contributed by atoms with Gasteiger partial charge in [0.1, 0.15) is 17.6 Å². The number of nitrogens with one attached hydrogen (secondary N) is 1. The summed E-state index contributed by atoms with van der Waals surface area (Å²) >= 11 is 0. The van der Waals surface area contributed by atoms with Gasteiger partial charge in [-0.3, -0.25) is 4.98 Å². The van der Waals surface area contributed by atoms with Crippen LogP contribution < -0.4 is 10.6 Å². The minimum Gasteiger partial charge on any atom is -0.356 e. The van der Waals surface area contributed by atoms with E-state index in [1.165, 1.54) is 6.42 Å². The van der Waals surface area contributed by atoms with Gasteiger partial charge < -0.3 is 4.90 Å². The van der Waals surface area contributed by atoms with Crippen molar-refractivity contribution in [2.24, 2.45) is 0 Å². The van der Waals surface area contributed by atoms with Gasteiger partial charge in [0.05, 0.1) is 0 Å². The van der Waals surface area contributed by atoms with Crippen molar-refractivity contribution in [1.29, 1.82) is 5.26 Å². The maximum Gasteiger partial charge on any atom is 0.347 e. The van der Waals surface area contributed by atoms with E-state index in [9.17, 15) is 4.79 Å². The molecule has 0 atom stereocenters. The normalized spacial score (nSPS) is 15.5. The van der Waals surface area contributed by atoms with Crippen LogP contribution in [0.15, 0.2) is 10.9 Å². The van der Waals surface area contributed by atoms with Gasteiger partial charge in [-0.15, -0.1) is 0 Å². The Kier molecular flexibility index (Phi) is 2.42. The smallest absolute Gasteiger partial charge is 0.347 e. The molecule has 1 aromatic rings. The molecule has 1 fully saturated rings. The molecule has 5 nitrogen and oxygen atoms in total. The van der Waals surface area contributed by atoms with E-state index in [0.717, 1.165) is 12.8 Å². The molecule has 1 aliphatic rings. The summed E-state index contributed by atoms with van der Waals surface area (Å²) in [6, 6.07) is 3.99. The number of hydrogen-bond acceptors (Lipinski definition) is 4. The van der Waals surface area contributed by atoms with Crippen LogP contribution in [0.5, 0.6) is 0 Å². The molecule has 0 unspecified atom stereocenters. The Balaban J connectivity index is 2.31. The van der Waals surface area contributed by atoms with E-state index < -0.39 is 5.69 Å². The summed E-state index contributed by atoms with van der Waals surface area (Å²) in [5, 5.41) is 8.71. The molecule has 0 saturated heterocycles. The van der Waals surface area contributed by atoms with E-state index in [1.807, 2.05) is 18.0 Å². The molecule has 0 radical (unpaired) electrons. The van der Waals surface area contributed by atoms with E-state index in [2.05, 4.69) is 9.97 Å². The van der Waals surface area contributed by atoms with Crippen LogP contribution in [-0.2, 0) is 0 Å². The first-order chi connectivity index (χ1) is 7.20. The number of aromatic amines is 1. The molecule has 1 N–H and O–H groups in total. The molecule has 1 heterocycles. The number of nitriles is 1. The lowest BCUT2D eigenvalue weighted by Crippen LogP contribution is -2.38. The summed E-state index contributed by atoms with van der Waals surface area (Å²) < 4.78 is 0. The minimum atomic E-state index is -0.463. The van der Waals surface area contributed by atoms with Crippen LogP contribution in [0.4, 0.5) is 5.82 Å². The zero-order valence-electron chi connectivity index (χ0n) is 8.53. The zero-order chi connectivity index (χ0) is 10.8. The Hall–Kier alpha value is -1.83. The molecule has 15 heavy (non-hydrogen) atoms. The van der Waals surface area contributed by atoms with Gasteiger partial charge in [0, 0.05) is 19.2 Å². The first-order valence-electron chi connectivity index (χ1n) is 4.95. The maximum atomic E-state index is 11.2. The molecule has 0 bridgehead atoms. The van der Waals surface area contributed by atoms with Gasteiger partial charge in [-0.1, -0.05) is 0 Å². The maximum absolute atomic E-state index is 11.2. The number of hydrogen-bond donors (Lipinski definition) is 1. The van der Waals surface area contributed by atoms with Gasteiger partial charge in [-0.05, 0) is 19.3 Å². The van der Waals surface area contributed by atoms with Gasteiger partial charge in [0.25, 0.3) is 0 Å². The lowest BCUT2D eigenvalue weighted by atomic mass is 9.92. The third kappa shape index (κ3) is 1.84. The predicted molar refractivity (Wildman–Crippen MR) is 55.6 cm³/mol. The van der Waals surface area contributed by atoms with Crippen LogP contribution >= 0.6 is 0 Å². The summed E-state index contributed by atoms with van der Waals surface area (Å²) in [4.78, 5) is 19.4. The number of anilines is 1.